The minimum absolute atomic E-state index is 0.0667. The van der Waals surface area contributed by atoms with Crippen LogP contribution in [0.1, 0.15) is 90.5 Å². The van der Waals surface area contributed by atoms with Gasteiger partial charge >= 0.3 is 5.97 Å². The van der Waals surface area contributed by atoms with Crippen LogP contribution in [-0.2, 0) is 14.3 Å². The normalized spacial score (nSPS) is 24.5. The second-order valence-electron chi connectivity index (χ2n) is 11.0. The van der Waals surface area contributed by atoms with E-state index in [1.807, 2.05) is 25.1 Å². The van der Waals surface area contributed by atoms with E-state index in [2.05, 4.69) is 20.8 Å². The van der Waals surface area contributed by atoms with Gasteiger partial charge in [-0.3, -0.25) is 9.79 Å². The fourth-order valence-corrected chi connectivity index (χ4v) is 5.83. The summed E-state index contributed by atoms with van der Waals surface area (Å²) in [5.74, 6) is 0.132. The van der Waals surface area contributed by atoms with E-state index < -0.39 is 11.8 Å². The topological polar surface area (TPSA) is 74.2 Å². The first-order valence-corrected chi connectivity index (χ1v) is 13.1. The molecule has 0 saturated heterocycles. The minimum Gasteiger partial charge on any atom is -0.493 e. The molecule has 190 valence electrons. The van der Waals surface area contributed by atoms with Crippen molar-refractivity contribution in [2.75, 3.05) is 13.7 Å². The Labute approximate surface area is 209 Å². The van der Waals surface area contributed by atoms with Gasteiger partial charge in [0.25, 0.3) is 0 Å². The van der Waals surface area contributed by atoms with Crippen LogP contribution in [0, 0.1) is 11.3 Å². The molecule has 1 aromatic carbocycles. The largest absolute Gasteiger partial charge is 0.493 e. The lowest BCUT2D eigenvalue weighted by Gasteiger charge is -2.41. The quantitative estimate of drug-likeness (QED) is 0.435. The zero-order valence-electron chi connectivity index (χ0n) is 21.8. The number of allylic oxidation sites excluding steroid dienone is 1. The summed E-state index contributed by atoms with van der Waals surface area (Å²) in [7, 11) is 1.61. The molecule has 6 heteroatoms. The third kappa shape index (κ3) is 5.46. The van der Waals surface area contributed by atoms with Gasteiger partial charge in [0.15, 0.2) is 11.5 Å². The maximum Gasteiger partial charge on any atom is 0.336 e. The molecular weight excluding hydrogens is 442 g/mol. The highest BCUT2D eigenvalue weighted by Gasteiger charge is 2.48. The molecule has 2 fully saturated rings. The number of hydrogen-bond acceptors (Lipinski definition) is 6. The molecule has 1 unspecified atom stereocenters. The number of ether oxygens (including phenoxy) is 3. The number of rotatable bonds is 7. The number of esters is 1. The van der Waals surface area contributed by atoms with Crippen molar-refractivity contribution in [1.82, 2.24) is 0 Å². The van der Waals surface area contributed by atoms with Crippen molar-refractivity contribution in [3.8, 4) is 11.5 Å². The summed E-state index contributed by atoms with van der Waals surface area (Å²) >= 11 is 0. The standard InChI is InChI=1S/C29H39NO5/c1-6-14-34-23-13-12-19(15-24(23)33-5)26-25(28(32)35-20-10-8-7-9-11-20)18(2)30-21-16-29(3,4)17-22(31)27(21)26/h12-13,15,20,26-27H,6-11,14,16-17H2,1-5H3/t26-,27?/m1/s1. The molecule has 0 N–H and O–H groups in total. The van der Waals surface area contributed by atoms with Crippen LogP contribution >= 0.6 is 0 Å². The number of fused-ring (bicyclic) bond motifs is 1. The smallest absolute Gasteiger partial charge is 0.336 e. The van der Waals surface area contributed by atoms with Gasteiger partial charge in [0, 0.05) is 23.7 Å². The highest BCUT2D eigenvalue weighted by Crippen LogP contribution is 2.48. The highest BCUT2D eigenvalue weighted by atomic mass is 16.5. The fraction of sp³-hybridized carbons (Fsp3) is 0.621. The molecule has 0 aromatic heterocycles. The molecule has 0 radical (unpaired) electrons. The van der Waals surface area contributed by atoms with Gasteiger partial charge in [0.05, 0.1) is 25.2 Å². The van der Waals surface area contributed by atoms with E-state index in [-0.39, 0.29) is 23.3 Å². The third-order valence-electron chi connectivity index (χ3n) is 7.42. The van der Waals surface area contributed by atoms with E-state index in [1.54, 1.807) is 7.11 Å². The number of hydrogen-bond donors (Lipinski definition) is 0. The molecule has 6 nitrogen and oxygen atoms in total. The number of aliphatic imine (C=N–C) groups is 1. The second kappa shape index (κ2) is 10.5. The van der Waals surface area contributed by atoms with Crippen molar-refractivity contribution < 1.29 is 23.8 Å². The number of benzene rings is 1. The van der Waals surface area contributed by atoms with Crippen molar-refractivity contribution in [2.45, 2.75) is 91.1 Å². The van der Waals surface area contributed by atoms with Crippen LogP contribution in [0.25, 0.3) is 0 Å². The van der Waals surface area contributed by atoms with Gasteiger partial charge in [-0.05, 0) is 68.6 Å². The molecular formula is C29H39NO5. The van der Waals surface area contributed by atoms with E-state index in [0.29, 0.717) is 35.8 Å². The fourth-order valence-electron chi connectivity index (χ4n) is 5.83. The average molecular weight is 482 g/mol. The Hall–Kier alpha value is -2.63. The lowest BCUT2D eigenvalue weighted by Crippen LogP contribution is -2.44. The first-order chi connectivity index (χ1) is 16.7. The van der Waals surface area contributed by atoms with Crippen LogP contribution in [0.5, 0.6) is 11.5 Å². The SMILES string of the molecule is CCCOc1ccc([C@@H]2C(C(=O)OC3CCCCC3)=C(C)N=C3CC(C)(C)CC(=O)C32)cc1OC. The second-order valence-corrected chi connectivity index (χ2v) is 11.0. The van der Waals surface area contributed by atoms with Gasteiger partial charge in [0.1, 0.15) is 11.9 Å². The summed E-state index contributed by atoms with van der Waals surface area (Å²) in [6.07, 6.45) is 7.15. The first kappa shape index (κ1) is 25.5. The van der Waals surface area contributed by atoms with Crippen LogP contribution in [0.4, 0.5) is 0 Å². The van der Waals surface area contributed by atoms with E-state index in [1.165, 1.54) is 6.42 Å². The Morgan fingerprint density at radius 1 is 1.09 bits per heavy atom. The maximum absolute atomic E-state index is 13.6. The van der Waals surface area contributed by atoms with Gasteiger partial charge in [-0.15, -0.1) is 0 Å². The Balaban J connectivity index is 1.76. The molecule has 1 aromatic rings. The summed E-state index contributed by atoms with van der Waals surface area (Å²) in [5, 5.41) is 0. The summed E-state index contributed by atoms with van der Waals surface area (Å²) in [6, 6.07) is 5.74. The molecule has 1 heterocycles. The third-order valence-corrected chi connectivity index (χ3v) is 7.42. The Morgan fingerprint density at radius 2 is 1.83 bits per heavy atom. The lowest BCUT2D eigenvalue weighted by molar-refractivity contribution is -0.146. The zero-order valence-corrected chi connectivity index (χ0v) is 21.8. The maximum atomic E-state index is 13.6. The van der Waals surface area contributed by atoms with Crippen molar-refractivity contribution in [1.29, 1.82) is 0 Å². The summed E-state index contributed by atoms with van der Waals surface area (Å²) in [5.41, 5.74) is 2.73. The Bertz CT molecular complexity index is 1030. The molecule has 2 atom stereocenters. The van der Waals surface area contributed by atoms with Crippen LogP contribution < -0.4 is 9.47 Å². The van der Waals surface area contributed by atoms with Gasteiger partial charge in [-0.1, -0.05) is 33.3 Å². The number of ketones is 1. The predicted molar refractivity (Wildman–Crippen MR) is 136 cm³/mol. The summed E-state index contributed by atoms with van der Waals surface area (Å²) in [4.78, 5) is 32.0. The minimum atomic E-state index is -0.465. The molecule has 1 aliphatic heterocycles. The van der Waals surface area contributed by atoms with Gasteiger partial charge in [-0.25, -0.2) is 4.79 Å². The van der Waals surface area contributed by atoms with E-state index >= 15 is 0 Å². The van der Waals surface area contributed by atoms with E-state index in [4.69, 9.17) is 19.2 Å². The van der Waals surface area contributed by atoms with E-state index in [0.717, 1.165) is 49.8 Å². The monoisotopic (exact) mass is 481 g/mol. The lowest BCUT2D eigenvalue weighted by atomic mass is 9.63. The van der Waals surface area contributed by atoms with Crippen LogP contribution in [-0.4, -0.2) is 37.3 Å². The predicted octanol–water partition coefficient (Wildman–Crippen LogP) is 6.18. The number of Topliss-reactive ketones (excluding diaryl/α,β-unsaturated/α-hetero) is 1. The number of carbonyl (C=O) groups is 2. The molecule has 4 rings (SSSR count). The molecule has 0 bridgehead atoms. The molecule has 35 heavy (non-hydrogen) atoms. The van der Waals surface area contributed by atoms with Crippen molar-refractivity contribution in [2.24, 2.45) is 16.3 Å². The zero-order chi connectivity index (χ0) is 25.2. The average Bonchev–Trinajstić information content (AvgIpc) is 2.81. The molecule has 0 amide bonds. The van der Waals surface area contributed by atoms with Gasteiger partial charge < -0.3 is 14.2 Å². The van der Waals surface area contributed by atoms with Crippen molar-refractivity contribution in [3.05, 3.63) is 35.0 Å². The summed E-state index contributed by atoms with van der Waals surface area (Å²) < 4.78 is 17.5. The Morgan fingerprint density at radius 3 is 2.51 bits per heavy atom. The first-order valence-electron chi connectivity index (χ1n) is 13.1. The molecule has 0 spiro atoms. The number of methoxy groups -OCH3 is 1. The Kier molecular flexibility index (Phi) is 7.67. The summed E-state index contributed by atoms with van der Waals surface area (Å²) in [6.45, 7) is 8.72. The van der Waals surface area contributed by atoms with Crippen LogP contribution in [0.15, 0.2) is 34.5 Å². The number of nitrogens with zero attached hydrogens (tertiary/aromatic N) is 1. The van der Waals surface area contributed by atoms with Gasteiger partial charge in [-0.2, -0.15) is 0 Å². The van der Waals surface area contributed by atoms with Crippen LogP contribution in [0.2, 0.25) is 0 Å². The van der Waals surface area contributed by atoms with Gasteiger partial charge in [0.2, 0.25) is 0 Å². The number of carbonyl (C=O) groups excluding carboxylic acids is 2. The molecule has 2 saturated carbocycles. The van der Waals surface area contributed by atoms with E-state index in [9.17, 15) is 9.59 Å². The highest BCUT2D eigenvalue weighted by molar-refractivity contribution is 6.12. The van der Waals surface area contributed by atoms with Crippen molar-refractivity contribution >= 4 is 17.5 Å². The van der Waals surface area contributed by atoms with Crippen LogP contribution in [0.3, 0.4) is 0 Å². The molecule has 3 aliphatic rings. The van der Waals surface area contributed by atoms with Crippen molar-refractivity contribution in [3.63, 3.8) is 0 Å². The molecule has 2 aliphatic carbocycles.